The number of aryl methyl sites for hydroxylation is 12. The predicted molar refractivity (Wildman–Crippen MR) is 226 cm³/mol. The fourth-order valence-electron chi connectivity index (χ4n) is 6.49. The molecular formula is C37H47B2N12S2SeU-. The maximum Gasteiger partial charge on any atom is 0 e. The molecule has 0 aliphatic heterocycles. The normalized spacial score (nSPS) is 10.6. The molecule has 0 unspecified atom stereocenters. The summed E-state index contributed by atoms with van der Waals surface area (Å²) in [6.45, 7) is 24.4. The number of benzene rings is 1. The van der Waals surface area contributed by atoms with Crippen LogP contribution in [0.25, 0.3) is 0 Å². The third kappa shape index (κ3) is 10.9. The smallest absolute Gasteiger partial charge is 0 e. The van der Waals surface area contributed by atoms with E-state index < -0.39 is 0 Å². The van der Waals surface area contributed by atoms with Gasteiger partial charge in [-0.1, -0.05) is 0 Å². The molecule has 0 saturated carbocycles. The van der Waals surface area contributed by atoms with E-state index >= 15 is 0 Å². The van der Waals surface area contributed by atoms with Crippen molar-refractivity contribution in [2.24, 2.45) is 0 Å². The molecule has 55 heavy (non-hydrogen) atoms. The summed E-state index contributed by atoms with van der Waals surface area (Å²) in [6.07, 6.45) is 0. The number of rotatable bonds is 8. The molecule has 12 nitrogen and oxygen atoms in total. The zero-order valence-electron chi connectivity index (χ0n) is 33.6. The first-order valence-electron chi connectivity index (χ1n) is 17.6. The van der Waals surface area contributed by atoms with E-state index in [0.29, 0.717) is 3.10 Å². The van der Waals surface area contributed by atoms with Gasteiger partial charge in [0.25, 0.3) is 0 Å². The molecule has 0 fully saturated rings. The molecule has 7 rings (SSSR count). The summed E-state index contributed by atoms with van der Waals surface area (Å²) < 4.78 is 13.8. The van der Waals surface area contributed by atoms with Gasteiger partial charge in [0.05, 0.1) is 34.2 Å². The summed E-state index contributed by atoms with van der Waals surface area (Å²) in [5, 5.41) is 28.0. The Labute approximate surface area is 366 Å². The Bertz CT molecular complexity index is 2010. The van der Waals surface area contributed by atoms with Crippen molar-refractivity contribution in [2.45, 2.75) is 83.1 Å². The van der Waals surface area contributed by atoms with Crippen molar-refractivity contribution < 1.29 is 31.1 Å². The van der Waals surface area contributed by atoms with E-state index in [2.05, 4.69) is 121 Å². The monoisotopic (exact) mass is 1060 g/mol. The van der Waals surface area contributed by atoms with Gasteiger partial charge in [0, 0.05) is 65.3 Å². The molecule has 6 aromatic heterocycles. The van der Waals surface area contributed by atoms with Crippen LogP contribution in [0.1, 0.15) is 68.3 Å². The summed E-state index contributed by atoms with van der Waals surface area (Å²) in [5.41, 5.74) is 12.5. The summed E-state index contributed by atoms with van der Waals surface area (Å²) in [4.78, 5) is 0. The molecule has 7 aromatic rings. The summed E-state index contributed by atoms with van der Waals surface area (Å²) in [7, 11) is -0.452. The van der Waals surface area contributed by atoms with Gasteiger partial charge >= 0.3 is 91.9 Å². The molecule has 0 bridgehead atoms. The number of hydrogen-bond donors (Lipinski definition) is 0. The van der Waals surface area contributed by atoms with E-state index in [4.69, 9.17) is 24.8 Å². The van der Waals surface area contributed by atoms with Crippen molar-refractivity contribution in [3.8, 4) is 0 Å². The van der Waals surface area contributed by atoms with E-state index in [1.54, 1.807) is 0 Å². The second-order valence-corrected chi connectivity index (χ2v) is 18.1. The van der Waals surface area contributed by atoms with Crippen molar-refractivity contribution >= 4 is 61.6 Å². The second-order valence-electron chi connectivity index (χ2n) is 13.6. The Morgan fingerprint density at radius 2 is 0.673 bits per heavy atom. The Hall–Kier alpha value is -3.51. The first-order chi connectivity index (χ1) is 25.5. The molecule has 1 aromatic carbocycles. The maximum atomic E-state index is 4.82. The molecule has 0 saturated heterocycles. The van der Waals surface area contributed by atoms with Crippen LogP contribution in [0.4, 0.5) is 0 Å². The average Bonchev–Trinajstić information content (AvgIpc) is 3.92. The Kier molecular flexibility index (Phi) is 15.3. The molecule has 6 heterocycles. The van der Waals surface area contributed by atoms with E-state index in [-0.39, 0.29) is 60.3 Å². The third-order valence-electron chi connectivity index (χ3n) is 8.52. The molecule has 0 aliphatic rings. The fourth-order valence-corrected chi connectivity index (χ4v) is 8.50. The largest absolute Gasteiger partial charge is 0 e. The minimum absolute atomic E-state index is 0. The predicted octanol–water partition coefficient (Wildman–Crippen LogP) is 4.96. The van der Waals surface area contributed by atoms with Gasteiger partial charge in [0.1, 0.15) is 0 Å². The van der Waals surface area contributed by atoms with Crippen molar-refractivity contribution in [2.75, 3.05) is 0 Å². The average molecular weight is 1060 g/mol. The fraction of sp³-hybridized carbons (Fsp3) is 0.324. The zero-order valence-corrected chi connectivity index (χ0v) is 41.1. The third-order valence-corrected chi connectivity index (χ3v) is 10.8. The Balaban J connectivity index is 0.000000195. The second kappa shape index (κ2) is 19.1. The maximum absolute atomic E-state index is 4.82. The molecular weight excluding hydrogens is 1020 g/mol. The van der Waals surface area contributed by atoms with Gasteiger partial charge in [-0.3, -0.25) is 27.6 Å². The minimum atomic E-state index is -0.226. The van der Waals surface area contributed by atoms with Crippen molar-refractivity contribution in [1.82, 2.24) is 58.1 Å². The molecule has 0 amide bonds. The Morgan fingerprint density at radius 1 is 0.455 bits per heavy atom. The van der Waals surface area contributed by atoms with Crippen molar-refractivity contribution in [3.05, 3.63) is 135 Å². The molecule has 0 spiro atoms. The first kappa shape index (κ1) is 44.2. The minimum Gasteiger partial charge on any atom is 0 e. The summed E-state index contributed by atoms with van der Waals surface area (Å²) in [6, 6.07) is 22.6. The van der Waals surface area contributed by atoms with E-state index in [9.17, 15) is 0 Å². The van der Waals surface area contributed by atoms with Crippen LogP contribution >= 0.6 is 12.2 Å². The number of thiocarbonyl (C=S) groups is 1. The van der Waals surface area contributed by atoms with Gasteiger partial charge < -0.3 is 0 Å². The zero-order chi connectivity index (χ0) is 39.4. The van der Waals surface area contributed by atoms with Gasteiger partial charge in [-0.25, -0.2) is 0 Å². The van der Waals surface area contributed by atoms with Crippen LogP contribution in [0, 0.1) is 114 Å². The van der Waals surface area contributed by atoms with Crippen molar-refractivity contribution in [3.63, 3.8) is 0 Å². The molecule has 284 valence electrons. The van der Waals surface area contributed by atoms with Crippen LogP contribution in [-0.2, 0) is 12.6 Å². The van der Waals surface area contributed by atoms with Crippen LogP contribution in [0.15, 0.2) is 66.7 Å². The van der Waals surface area contributed by atoms with E-state index in [1.807, 2.05) is 87.3 Å². The van der Waals surface area contributed by atoms with E-state index in [1.165, 1.54) is 4.46 Å². The van der Waals surface area contributed by atoms with Gasteiger partial charge in [-0.15, -0.1) is 0 Å². The molecule has 0 aliphatic carbocycles. The first-order valence-corrected chi connectivity index (χ1v) is 20.2. The number of aromatic nitrogens is 12. The topological polar surface area (TPSA) is 107 Å². The quantitative estimate of drug-likeness (QED) is 0.120. The van der Waals surface area contributed by atoms with Crippen molar-refractivity contribution in [1.29, 1.82) is 0 Å². The molecule has 0 atom stereocenters. The van der Waals surface area contributed by atoms with Gasteiger partial charge in [0.2, 0.25) is 0 Å². The SMILES string of the molecule is Cc1cc(C)n(B(n2nc(C)cc2C)n2nc(C)cc2C)n1.Cc1cc(C)n(B(n2nc(C)cc2C)n2nc(C)cc2C)n1.S=C([S-])[Se]c1ccccc1.[U]. The molecule has 18 heteroatoms. The molecule has 0 N–H and O–H groups in total. The standard InChI is InChI=1S/2C15H21BN6.C7H6S2Se.U/c2*1-10-7-13(4)20(17-10)16(21-14(5)8-11(2)18-21)22-15(6)9-12(3)19-22;8-7(9)10-6-4-2-1-3-5-6;/h2*7-9H,1-6H3;1-5H,(H,8,9);/p-1. The summed E-state index contributed by atoms with van der Waals surface area (Å²) >= 11 is 9.85. The van der Waals surface area contributed by atoms with Crippen LogP contribution in [0.5, 0.6) is 0 Å². The summed E-state index contributed by atoms with van der Waals surface area (Å²) in [5.74, 6) is 0. The van der Waals surface area contributed by atoms with Crippen LogP contribution in [0.2, 0.25) is 0 Å². The van der Waals surface area contributed by atoms with Gasteiger partial charge in [-0.05, 0) is 119 Å². The van der Waals surface area contributed by atoms with E-state index in [0.717, 1.165) is 68.3 Å². The van der Waals surface area contributed by atoms with Crippen LogP contribution in [0.3, 0.4) is 0 Å². The van der Waals surface area contributed by atoms with Crippen LogP contribution in [-0.4, -0.2) is 90.4 Å². The number of hydrogen-bond acceptors (Lipinski definition) is 8. The Morgan fingerprint density at radius 3 is 0.836 bits per heavy atom. The van der Waals surface area contributed by atoms with Gasteiger partial charge in [-0.2, -0.15) is 30.6 Å². The van der Waals surface area contributed by atoms with Gasteiger partial charge in [0.15, 0.2) is 0 Å². The molecule has 0 radical (unpaired) electrons. The number of nitrogens with zero attached hydrogens (tertiary/aromatic N) is 12. The van der Waals surface area contributed by atoms with Crippen LogP contribution < -0.4 is 4.46 Å².